The smallest absolute Gasteiger partial charge is 0.416 e. The second kappa shape index (κ2) is 10.3. The number of nitrogens with zero attached hydrogens (tertiary/aromatic N) is 1. The van der Waals surface area contributed by atoms with Gasteiger partial charge in [-0.05, 0) is 54.8 Å². The fourth-order valence-electron chi connectivity index (χ4n) is 3.99. The lowest BCUT2D eigenvalue weighted by molar-refractivity contribution is -0.138. The molecule has 32 heavy (non-hydrogen) atoms. The van der Waals surface area contributed by atoms with Crippen LogP contribution in [0.5, 0.6) is 5.75 Å². The van der Waals surface area contributed by atoms with E-state index < -0.39 is 29.7 Å². The van der Waals surface area contributed by atoms with Crippen molar-refractivity contribution in [2.24, 2.45) is 0 Å². The zero-order valence-electron chi connectivity index (χ0n) is 17.7. The van der Waals surface area contributed by atoms with Crippen LogP contribution in [0.2, 0.25) is 0 Å². The number of anilines is 1. The molecule has 0 aromatic heterocycles. The Hall–Kier alpha value is -2.62. The minimum atomic E-state index is -4.60. The molecule has 2 aromatic carbocycles. The standard InChI is InChI=1S/C23H27F3N2O4/c1-32-16-8-6-15(7-9-16)17-14-18-19(23(24,25)26)4-2-5-20(18)28(22(31)21(17)30)12-11-27-10-3-13-29/h2,4-9,17,21,27,29-30H,3,10-14H2,1H3/t17-,21+/m0/s1. The van der Waals surface area contributed by atoms with Gasteiger partial charge in [0.2, 0.25) is 0 Å². The molecule has 2 atom stereocenters. The number of fused-ring (bicyclic) bond motifs is 1. The van der Waals surface area contributed by atoms with E-state index in [1.807, 2.05) is 0 Å². The van der Waals surface area contributed by atoms with Crippen LogP contribution in [0.25, 0.3) is 0 Å². The Morgan fingerprint density at radius 3 is 2.50 bits per heavy atom. The molecule has 0 aliphatic carbocycles. The van der Waals surface area contributed by atoms with E-state index in [0.29, 0.717) is 30.8 Å². The van der Waals surface area contributed by atoms with E-state index in [9.17, 15) is 23.1 Å². The Balaban J connectivity index is 2.01. The third-order valence-corrected chi connectivity index (χ3v) is 5.64. The molecule has 6 nitrogen and oxygen atoms in total. The predicted molar refractivity (Wildman–Crippen MR) is 114 cm³/mol. The summed E-state index contributed by atoms with van der Waals surface area (Å²) >= 11 is 0. The van der Waals surface area contributed by atoms with Gasteiger partial charge in [0.1, 0.15) is 11.9 Å². The van der Waals surface area contributed by atoms with E-state index in [2.05, 4.69) is 5.32 Å². The second-order valence-electron chi connectivity index (χ2n) is 7.65. The number of carbonyl (C=O) groups is 1. The van der Waals surface area contributed by atoms with Crippen LogP contribution in [0, 0.1) is 0 Å². The van der Waals surface area contributed by atoms with Crippen LogP contribution in [0.3, 0.4) is 0 Å². The second-order valence-corrected chi connectivity index (χ2v) is 7.65. The van der Waals surface area contributed by atoms with Crippen LogP contribution >= 0.6 is 0 Å². The summed E-state index contributed by atoms with van der Waals surface area (Å²) in [6.07, 6.45) is -5.72. The lowest BCUT2D eigenvalue weighted by atomic mass is 9.86. The van der Waals surface area contributed by atoms with E-state index in [1.165, 1.54) is 24.1 Å². The molecular weight excluding hydrogens is 425 g/mol. The molecule has 1 aliphatic rings. The van der Waals surface area contributed by atoms with Crippen LogP contribution in [-0.2, 0) is 17.4 Å². The maximum Gasteiger partial charge on any atom is 0.416 e. The van der Waals surface area contributed by atoms with Gasteiger partial charge in [-0.15, -0.1) is 0 Å². The molecular formula is C23H27F3N2O4. The lowest BCUT2D eigenvalue weighted by Gasteiger charge is -2.26. The number of carbonyl (C=O) groups excluding carboxylic acids is 1. The highest BCUT2D eigenvalue weighted by Gasteiger charge is 2.41. The van der Waals surface area contributed by atoms with Gasteiger partial charge >= 0.3 is 6.18 Å². The number of aliphatic hydroxyl groups is 2. The molecule has 0 saturated carbocycles. The molecule has 0 fully saturated rings. The van der Waals surface area contributed by atoms with Crippen molar-refractivity contribution >= 4 is 11.6 Å². The van der Waals surface area contributed by atoms with Gasteiger partial charge in [0.05, 0.1) is 12.7 Å². The molecule has 1 amide bonds. The molecule has 1 aliphatic heterocycles. The number of hydrogen-bond acceptors (Lipinski definition) is 5. The number of methoxy groups -OCH3 is 1. The van der Waals surface area contributed by atoms with Crippen molar-refractivity contribution in [1.29, 1.82) is 0 Å². The Morgan fingerprint density at radius 1 is 1.16 bits per heavy atom. The van der Waals surface area contributed by atoms with Crippen molar-refractivity contribution in [3.63, 3.8) is 0 Å². The normalized spacial score (nSPS) is 18.9. The summed E-state index contributed by atoms with van der Waals surface area (Å²) in [5.74, 6) is -0.925. The van der Waals surface area contributed by atoms with Gasteiger partial charge in [-0.3, -0.25) is 4.79 Å². The summed E-state index contributed by atoms with van der Waals surface area (Å²) in [5.41, 5.74) is -0.115. The zero-order chi connectivity index (χ0) is 23.3. The van der Waals surface area contributed by atoms with Crippen molar-refractivity contribution in [1.82, 2.24) is 5.32 Å². The summed E-state index contributed by atoms with van der Waals surface area (Å²) in [4.78, 5) is 14.4. The minimum Gasteiger partial charge on any atom is -0.497 e. The van der Waals surface area contributed by atoms with E-state index in [0.717, 1.165) is 6.07 Å². The zero-order valence-corrected chi connectivity index (χ0v) is 17.7. The minimum absolute atomic E-state index is 0.00960. The van der Waals surface area contributed by atoms with Gasteiger partial charge in [-0.25, -0.2) is 0 Å². The average molecular weight is 452 g/mol. The van der Waals surface area contributed by atoms with Gasteiger partial charge in [-0.2, -0.15) is 13.2 Å². The van der Waals surface area contributed by atoms with Crippen LogP contribution in [-0.4, -0.2) is 55.6 Å². The number of rotatable bonds is 8. The fraction of sp³-hybridized carbons (Fsp3) is 0.435. The SMILES string of the molecule is COc1ccc([C@@H]2Cc3c(cccc3C(F)(F)F)N(CCNCCCO)C(=O)[C@@H]2O)cc1. The summed E-state index contributed by atoms with van der Waals surface area (Å²) in [6.45, 7) is 0.910. The first-order chi connectivity index (χ1) is 15.3. The lowest BCUT2D eigenvalue weighted by Crippen LogP contribution is -2.44. The quantitative estimate of drug-likeness (QED) is 0.537. The molecule has 1 heterocycles. The van der Waals surface area contributed by atoms with Crippen LogP contribution in [0.1, 0.15) is 29.0 Å². The van der Waals surface area contributed by atoms with Gasteiger partial charge in [0.25, 0.3) is 5.91 Å². The highest BCUT2D eigenvalue weighted by atomic mass is 19.4. The van der Waals surface area contributed by atoms with Crippen molar-refractivity contribution in [3.05, 3.63) is 59.2 Å². The fourth-order valence-corrected chi connectivity index (χ4v) is 3.99. The number of benzene rings is 2. The molecule has 3 rings (SSSR count). The molecule has 174 valence electrons. The monoisotopic (exact) mass is 452 g/mol. The van der Waals surface area contributed by atoms with Crippen molar-refractivity contribution in [3.8, 4) is 5.75 Å². The Labute approximate surface area is 184 Å². The molecule has 0 unspecified atom stereocenters. The van der Waals surface area contributed by atoms with Crippen molar-refractivity contribution < 1.29 is 32.9 Å². The summed E-state index contributed by atoms with van der Waals surface area (Å²) < 4.78 is 46.6. The first-order valence-electron chi connectivity index (χ1n) is 10.4. The molecule has 3 N–H and O–H groups in total. The highest BCUT2D eigenvalue weighted by Crippen LogP contribution is 2.42. The maximum absolute atomic E-state index is 13.8. The topological polar surface area (TPSA) is 82.0 Å². The number of halogens is 3. The van der Waals surface area contributed by atoms with E-state index in [-0.39, 0.29) is 30.8 Å². The number of amides is 1. The first kappa shape index (κ1) is 24.0. The van der Waals surface area contributed by atoms with Gasteiger partial charge in [-0.1, -0.05) is 18.2 Å². The molecule has 0 bridgehead atoms. The maximum atomic E-state index is 13.8. The summed E-state index contributed by atoms with van der Waals surface area (Å²) in [6, 6.07) is 10.4. The van der Waals surface area contributed by atoms with Crippen LogP contribution < -0.4 is 15.0 Å². The molecule has 9 heteroatoms. The Kier molecular flexibility index (Phi) is 7.76. The van der Waals surface area contributed by atoms with E-state index in [1.54, 1.807) is 24.3 Å². The summed E-state index contributed by atoms with van der Waals surface area (Å²) in [7, 11) is 1.50. The van der Waals surface area contributed by atoms with Gasteiger partial charge in [0.15, 0.2) is 0 Å². The molecule has 2 aromatic rings. The van der Waals surface area contributed by atoms with E-state index >= 15 is 0 Å². The number of nitrogens with one attached hydrogen (secondary N) is 1. The largest absolute Gasteiger partial charge is 0.497 e. The molecule has 0 spiro atoms. The third-order valence-electron chi connectivity index (χ3n) is 5.64. The number of ether oxygens (including phenoxy) is 1. The van der Waals surface area contributed by atoms with Gasteiger partial charge in [0, 0.05) is 31.3 Å². The predicted octanol–water partition coefficient (Wildman–Crippen LogP) is 2.72. The third kappa shape index (κ3) is 5.23. The Morgan fingerprint density at radius 2 is 1.88 bits per heavy atom. The Bertz CT molecular complexity index is 918. The first-order valence-corrected chi connectivity index (χ1v) is 10.4. The van der Waals surface area contributed by atoms with Crippen LogP contribution in [0.4, 0.5) is 18.9 Å². The van der Waals surface area contributed by atoms with Gasteiger partial charge < -0.3 is 25.2 Å². The molecule has 0 saturated heterocycles. The average Bonchev–Trinajstić information content (AvgIpc) is 2.88. The summed E-state index contributed by atoms with van der Waals surface area (Å²) in [5, 5.41) is 22.8. The number of aliphatic hydroxyl groups excluding tert-OH is 2. The number of alkyl halides is 3. The van der Waals surface area contributed by atoms with E-state index in [4.69, 9.17) is 9.84 Å². The van der Waals surface area contributed by atoms with Crippen molar-refractivity contribution in [2.75, 3.05) is 38.3 Å². The molecule has 0 radical (unpaired) electrons. The number of hydrogen-bond donors (Lipinski definition) is 3. The van der Waals surface area contributed by atoms with Crippen LogP contribution in [0.15, 0.2) is 42.5 Å². The highest BCUT2D eigenvalue weighted by molar-refractivity contribution is 5.99. The van der Waals surface area contributed by atoms with Crippen molar-refractivity contribution in [2.45, 2.75) is 31.0 Å².